The highest BCUT2D eigenvalue weighted by molar-refractivity contribution is 6.06. The third-order valence-electron chi connectivity index (χ3n) is 7.57. The van der Waals surface area contributed by atoms with Crippen molar-refractivity contribution in [2.75, 3.05) is 18.5 Å². The highest BCUT2D eigenvalue weighted by atomic mass is 16.6. The fourth-order valence-electron chi connectivity index (χ4n) is 5.41. The molecule has 3 aromatic rings. The number of piperidine rings is 1. The number of amides is 4. The number of imide groups is 1. The van der Waals surface area contributed by atoms with Crippen LogP contribution in [-0.2, 0) is 32.2 Å². The Morgan fingerprint density at radius 1 is 0.977 bits per heavy atom. The molecule has 6 rings (SSSR count). The van der Waals surface area contributed by atoms with Gasteiger partial charge in [0.1, 0.15) is 36.0 Å². The van der Waals surface area contributed by atoms with E-state index in [1.807, 2.05) is 30.3 Å². The van der Waals surface area contributed by atoms with Crippen molar-refractivity contribution >= 4 is 29.5 Å². The number of rotatable bonds is 8. The first-order valence-electron chi connectivity index (χ1n) is 14.2. The molecule has 2 N–H and O–H groups in total. The van der Waals surface area contributed by atoms with Crippen LogP contribution in [0.25, 0.3) is 0 Å². The predicted molar refractivity (Wildman–Crippen MR) is 154 cm³/mol. The van der Waals surface area contributed by atoms with Gasteiger partial charge in [0.05, 0.1) is 12.2 Å². The van der Waals surface area contributed by atoms with Crippen LogP contribution in [0.3, 0.4) is 0 Å². The number of para-hydroxylation sites is 1. The molecule has 11 nitrogen and oxygen atoms in total. The minimum atomic E-state index is -0.751. The Kier molecular flexibility index (Phi) is 8.23. The van der Waals surface area contributed by atoms with E-state index in [9.17, 15) is 19.2 Å². The second-order valence-electron chi connectivity index (χ2n) is 10.6. The maximum atomic E-state index is 13.7. The van der Waals surface area contributed by atoms with Gasteiger partial charge in [0, 0.05) is 30.8 Å². The second kappa shape index (κ2) is 12.5. The Morgan fingerprint density at radius 3 is 2.51 bits per heavy atom. The lowest BCUT2D eigenvalue weighted by Gasteiger charge is -2.29. The van der Waals surface area contributed by atoms with E-state index in [1.54, 1.807) is 36.4 Å². The molecule has 0 aliphatic carbocycles. The lowest BCUT2D eigenvalue weighted by Crippen LogP contribution is -2.52. The Labute approximate surface area is 248 Å². The van der Waals surface area contributed by atoms with E-state index in [0.29, 0.717) is 52.8 Å². The smallest absolute Gasteiger partial charge is 0.411 e. The van der Waals surface area contributed by atoms with Gasteiger partial charge in [0.25, 0.3) is 5.91 Å². The molecule has 3 aromatic carbocycles. The van der Waals surface area contributed by atoms with Gasteiger partial charge >= 0.3 is 6.09 Å². The zero-order valence-electron chi connectivity index (χ0n) is 23.4. The van der Waals surface area contributed by atoms with Gasteiger partial charge in [-0.15, -0.1) is 0 Å². The van der Waals surface area contributed by atoms with Gasteiger partial charge < -0.3 is 23.8 Å². The third kappa shape index (κ3) is 6.46. The van der Waals surface area contributed by atoms with Crippen LogP contribution < -0.4 is 20.1 Å². The Morgan fingerprint density at radius 2 is 1.77 bits per heavy atom. The van der Waals surface area contributed by atoms with Crippen molar-refractivity contribution < 1.29 is 38.1 Å². The van der Waals surface area contributed by atoms with Crippen molar-refractivity contribution in [3.05, 3.63) is 83.4 Å². The standard InChI is InChI=1S/C32H31N3O8/c36-27-15-14-26(30(37)34-27)35-17-20-8-9-21(29(28(20)31(35)38)43-25-7-4-16-40-19-25)18-41-32(39)33-22-10-12-24(13-11-22)42-23-5-2-1-3-6-23/h1-3,5-6,8-13,25-26H,4,7,14-19H2,(H,33,39)(H,34,36,37)/t25-,26?/m1/s1. The summed E-state index contributed by atoms with van der Waals surface area (Å²) in [6.07, 6.45) is 1.03. The van der Waals surface area contributed by atoms with Crippen LogP contribution in [0, 0.1) is 0 Å². The molecule has 2 atom stereocenters. The van der Waals surface area contributed by atoms with E-state index in [4.69, 9.17) is 18.9 Å². The van der Waals surface area contributed by atoms with Crippen molar-refractivity contribution in [1.29, 1.82) is 0 Å². The number of nitrogens with one attached hydrogen (secondary N) is 2. The number of hydrogen-bond donors (Lipinski definition) is 2. The highest BCUT2D eigenvalue weighted by Gasteiger charge is 2.41. The zero-order chi connectivity index (χ0) is 29.8. The SMILES string of the molecule is O=C1CCC(N2Cc3ccc(COC(=O)Nc4ccc(Oc5ccccc5)cc4)c(O[C@@H]4CCCOC4)c3C2=O)C(=O)N1. The van der Waals surface area contributed by atoms with E-state index in [2.05, 4.69) is 10.6 Å². The van der Waals surface area contributed by atoms with Gasteiger partial charge in [-0.3, -0.25) is 25.0 Å². The van der Waals surface area contributed by atoms with E-state index < -0.39 is 18.0 Å². The normalized spacial score (nSPS) is 19.8. The molecule has 1 unspecified atom stereocenters. The van der Waals surface area contributed by atoms with E-state index >= 15 is 0 Å². The van der Waals surface area contributed by atoms with Gasteiger partial charge in [-0.1, -0.05) is 30.3 Å². The van der Waals surface area contributed by atoms with Crippen molar-refractivity contribution in [2.45, 2.75) is 51.0 Å². The summed E-state index contributed by atoms with van der Waals surface area (Å²) in [5.41, 5.74) is 2.08. The summed E-state index contributed by atoms with van der Waals surface area (Å²) < 4.78 is 23.2. The summed E-state index contributed by atoms with van der Waals surface area (Å²) >= 11 is 0. The molecule has 2 fully saturated rings. The average Bonchev–Trinajstić information content (AvgIpc) is 3.35. The summed E-state index contributed by atoms with van der Waals surface area (Å²) in [5, 5.41) is 5.02. The Hall–Kier alpha value is -4.90. The number of fused-ring (bicyclic) bond motifs is 1. The number of hydrogen-bond acceptors (Lipinski definition) is 8. The molecule has 2 saturated heterocycles. The van der Waals surface area contributed by atoms with E-state index in [-0.39, 0.29) is 43.9 Å². The first-order valence-corrected chi connectivity index (χ1v) is 14.2. The molecule has 43 heavy (non-hydrogen) atoms. The molecule has 0 bridgehead atoms. The topological polar surface area (TPSA) is 132 Å². The molecular formula is C32H31N3O8. The van der Waals surface area contributed by atoms with Crippen LogP contribution in [0.1, 0.15) is 47.2 Å². The van der Waals surface area contributed by atoms with Gasteiger partial charge in [-0.2, -0.15) is 0 Å². The van der Waals surface area contributed by atoms with Crippen molar-refractivity contribution in [3.63, 3.8) is 0 Å². The fraction of sp³-hybridized carbons (Fsp3) is 0.312. The van der Waals surface area contributed by atoms with Crippen LogP contribution in [0.15, 0.2) is 66.7 Å². The quantitative estimate of drug-likeness (QED) is 0.368. The Balaban J connectivity index is 1.15. The molecule has 0 saturated carbocycles. The zero-order valence-corrected chi connectivity index (χ0v) is 23.4. The molecule has 0 spiro atoms. The van der Waals surface area contributed by atoms with E-state index in [0.717, 1.165) is 12.8 Å². The minimum absolute atomic E-state index is 0.150. The molecule has 4 amide bonds. The van der Waals surface area contributed by atoms with Crippen molar-refractivity contribution in [1.82, 2.24) is 10.2 Å². The number of benzene rings is 3. The van der Waals surface area contributed by atoms with Crippen molar-refractivity contribution in [3.8, 4) is 17.2 Å². The maximum Gasteiger partial charge on any atom is 0.411 e. The van der Waals surface area contributed by atoms with Crippen LogP contribution in [0.5, 0.6) is 17.2 Å². The van der Waals surface area contributed by atoms with Crippen LogP contribution in [-0.4, -0.2) is 54.1 Å². The van der Waals surface area contributed by atoms with E-state index in [1.165, 1.54) is 4.90 Å². The lowest BCUT2D eigenvalue weighted by molar-refractivity contribution is -0.136. The second-order valence-corrected chi connectivity index (χ2v) is 10.6. The van der Waals surface area contributed by atoms with Crippen LogP contribution in [0.4, 0.5) is 10.5 Å². The summed E-state index contributed by atoms with van der Waals surface area (Å²) in [7, 11) is 0. The highest BCUT2D eigenvalue weighted by Crippen LogP contribution is 2.38. The van der Waals surface area contributed by atoms with Crippen LogP contribution in [0.2, 0.25) is 0 Å². The molecule has 222 valence electrons. The summed E-state index contributed by atoms with van der Waals surface area (Å²) in [5.74, 6) is 0.450. The van der Waals surface area contributed by atoms with Crippen LogP contribution >= 0.6 is 0 Å². The molecular weight excluding hydrogens is 554 g/mol. The van der Waals surface area contributed by atoms with Gasteiger partial charge in [0.2, 0.25) is 11.8 Å². The number of carbonyl (C=O) groups is 4. The summed E-state index contributed by atoms with van der Waals surface area (Å²) in [6.45, 7) is 1.08. The lowest BCUT2D eigenvalue weighted by atomic mass is 10.0. The number of carbonyl (C=O) groups excluding carboxylic acids is 4. The number of nitrogens with zero attached hydrogens (tertiary/aromatic N) is 1. The predicted octanol–water partition coefficient (Wildman–Crippen LogP) is 4.55. The molecule has 3 aliphatic rings. The van der Waals surface area contributed by atoms with Gasteiger partial charge in [-0.25, -0.2) is 4.79 Å². The molecule has 3 aliphatic heterocycles. The first kappa shape index (κ1) is 28.2. The number of ether oxygens (including phenoxy) is 4. The van der Waals surface area contributed by atoms with Gasteiger partial charge in [0.15, 0.2) is 0 Å². The monoisotopic (exact) mass is 585 g/mol. The minimum Gasteiger partial charge on any atom is -0.487 e. The third-order valence-corrected chi connectivity index (χ3v) is 7.57. The average molecular weight is 586 g/mol. The summed E-state index contributed by atoms with van der Waals surface area (Å²) in [6, 6.07) is 19.0. The molecule has 0 aromatic heterocycles. The van der Waals surface area contributed by atoms with Crippen molar-refractivity contribution in [2.24, 2.45) is 0 Å². The largest absolute Gasteiger partial charge is 0.487 e. The fourth-order valence-corrected chi connectivity index (χ4v) is 5.41. The summed E-state index contributed by atoms with van der Waals surface area (Å²) in [4.78, 5) is 52.1. The Bertz CT molecular complexity index is 1520. The first-order chi connectivity index (χ1) is 20.9. The van der Waals surface area contributed by atoms with Gasteiger partial charge in [-0.05, 0) is 61.2 Å². The molecule has 0 radical (unpaired) electrons. The molecule has 11 heteroatoms. The number of anilines is 1. The maximum absolute atomic E-state index is 13.7. The molecule has 3 heterocycles.